The van der Waals surface area contributed by atoms with Crippen molar-refractivity contribution in [1.82, 2.24) is 15.5 Å². The van der Waals surface area contributed by atoms with Crippen LogP contribution in [0.25, 0.3) is 11.1 Å². The van der Waals surface area contributed by atoms with Crippen LogP contribution in [0, 0.1) is 0 Å². The molecule has 0 aromatic heterocycles. The quantitative estimate of drug-likeness (QED) is 0.497. The zero-order valence-electron chi connectivity index (χ0n) is 19.4. The van der Waals surface area contributed by atoms with Gasteiger partial charge in [-0.25, -0.2) is 0 Å². The first-order valence-electron chi connectivity index (χ1n) is 11.1. The van der Waals surface area contributed by atoms with Crippen LogP contribution in [0.2, 0.25) is 0 Å². The number of para-hydroxylation sites is 1. The number of nitrogens with one attached hydrogen (secondary N) is 2. The highest BCUT2D eigenvalue weighted by molar-refractivity contribution is 5.98. The average Bonchev–Trinajstić information content (AvgIpc) is 2.82. The number of nitrogens with zero attached hydrogens (tertiary/aromatic N) is 1. The summed E-state index contributed by atoms with van der Waals surface area (Å²) in [5, 5.41) is 5.57. The van der Waals surface area contributed by atoms with Gasteiger partial charge in [0, 0.05) is 13.1 Å². The van der Waals surface area contributed by atoms with Crippen molar-refractivity contribution in [1.29, 1.82) is 0 Å². The first kappa shape index (κ1) is 24.0. The van der Waals surface area contributed by atoms with E-state index in [2.05, 4.69) is 45.9 Å². The molecule has 0 bridgehead atoms. The average molecular weight is 446 g/mol. The standard InChI is InChI=1S/C27H31N3O3/c1-4-33-25-12-8-7-11-24(25)27(32)29-18-26(31)28-17-22-9-5-6-10-23(22)21-15-13-20(14-16-21)19-30(2)3/h5-16H,4,17-19H2,1-3H3,(H,28,31)(H,29,32). The number of hydrogen-bond donors (Lipinski definition) is 2. The Balaban J connectivity index is 1.58. The molecule has 0 aliphatic rings. The highest BCUT2D eigenvalue weighted by Gasteiger charge is 2.13. The Hall–Kier alpha value is -3.64. The third kappa shape index (κ3) is 6.92. The lowest BCUT2D eigenvalue weighted by Crippen LogP contribution is -2.36. The van der Waals surface area contributed by atoms with E-state index in [1.165, 1.54) is 5.56 Å². The fourth-order valence-corrected chi connectivity index (χ4v) is 3.56. The van der Waals surface area contributed by atoms with Gasteiger partial charge in [-0.05, 0) is 55.4 Å². The highest BCUT2D eigenvalue weighted by atomic mass is 16.5. The largest absolute Gasteiger partial charge is 0.493 e. The van der Waals surface area contributed by atoms with Gasteiger partial charge in [0.2, 0.25) is 5.91 Å². The number of benzene rings is 3. The first-order valence-corrected chi connectivity index (χ1v) is 11.1. The van der Waals surface area contributed by atoms with Gasteiger partial charge in [0.25, 0.3) is 5.91 Å². The van der Waals surface area contributed by atoms with Crippen LogP contribution in [0.1, 0.15) is 28.4 Å². The van der Waals surface area contributed by atoms with E-state index in [0.29, 0.717) is 24.5 Å². The van der Waals surface area contributed by atoms with Gasteiger partial charge < -0.3 is 20.3 Å². The Morgan fingerprint density at radius 1 is 0.879 bits per heavy atom. The Morgan fingerprint density at radius 2 is 1.58 bits per heavy atom. The van der Waals surface area contributed by atoms with Crippen LogP contribution in [0.5, 0.6) is 5.75 Å². The summed E-state index contributed by atoms with van der Waals surface area (Å²) >= 11 is 0. The van der Waals surface area contributed by atoms with Crippen molar-refractivity contribution >= 4 is 11.8 Å². The molecule has 2 N–H and O–H groups in total. The van der Waals surface area contributed by atoms with E-state index >= 15 is 0 Å². The van der Waals surface area contributed by atoms with Crippen LogP contribution in [0.15, 0.2) is 72.8 Å². The zero-order valence-corrected chi connectivity index (χ0v) is 19.4. The zero-order chi connectivity index (χ0) is 23.6. The lowest BCUT2D eigenvalue weighted by molar-refractivity contribution is -0.120. The van der Waals surface area contributed by atoms with Crippen molar-refractivity contribution in [3.05, 3.63) is 89.5 Å². The molecule has 3 aromatic rings. The van der Waals surface area contributed by atoms with Crippen LogP contribution in [0.4, 0.5) is 0 Å². The molecule has 0 atom stereocenters. The van der Waals surface area contributed by atoms with E-state index in [-0.39, 0.29) is 18.4 Å². The second kappa shape index (κ2) is 11.8. The van der Waals surface area contributed by atoms with Crippen LogP contribution < -0.4 is 15.4 Å². The fraction of sp³-hybridized carbons (Fsp3) is 0.259. The molecule has 33 heavy (non-hydrogen) atoms. The van der Waals surface area contributed by atoms with Crippen molar-refractivity contribution in [2.24, 2.45) is 0 Å². The number of hydrogen-bond acceptors (Lipinski definition) is 4. The third-order valence-electron chi connectivity index (χ3n) is 5.10. The monoisotopic (exact) mass is 445 g/mol. The van der Waals surface area contributed by atoms with Crippen LogP contribution in [-0.4, -0.2) is 44.0 Å². The second-order valence-electron chi connectivity index (χ2n) is 7.98. The Morgan fingerprint density at radius 3 is 2.30 bits per heavy atom. The SMILES string of the molecule is CCOc1ccccc1C(=O)NCC(=O)NCc1ccccc1-c1ccc(CN(C)C)cc1. The summed E-state index contributed by atoms with van der Waals surface area (Å²) in [6.45, 7) is 3.47. The van der Waals surface area contributed by atoms with Gasteiger partial charge in [-0.2, -0.15) is 0 Å². The van der Waals surface area contributed by atoms with E-state index < -0.39 is 0 Å². The number of carbonyl (C=O) groups excluding carboxylic acids is 2. The minimum absolute atomic E-state index is 0.110. The molecule has 0 radical (unpaired) electrons. The van der Waals surface area contributed by atoms with Crippen molar-refractivity contribution < 1.29 is 14.3 Å². The molecule has 3 aromatic carbocycles. The molecule has 0 heterocycles. The summed E-state index contributed by atoms with van der Waals surface area (Å²) in [6, 6.07) is 23.5. The summed E-state index contributed by atoms with van der Waals surface area (Å²) in [5.41, 5.74) is 4.85. The van der Waals surface area contributed by atoms with E-state index in [9.17, 15) is 9.59 Å². The number of ether oxygens (including phenoxy) is 1. The number of rotatable bonds is 10. The van der Waals surface area contributed by atoms with E-state index in [1.807, 2.05) is 45.3 Å². The molecule has 0 fully saturated rings. The molecular weight excluding hydrogens is 414 g/mol. The third-order valence-corrected chi connectivity index (χ3v) is 5.10. The lowest BCUT2D eigenvalue weighted by Gasteiger charge is -2.13. The van der Waals surface area contributed by atoms with Crippen LogP contribution >= 0.6 is 0 Å². The summed E-state index contributed by atoms with van der Waals surface area (Å²) in [4.78, 5) is 27.0. The summed E-state index contributed by atoms with van der Waals surface area (Å²) in [5.74, 6) is -0.0933. The highest BCUT2D eigenvalue weighted by Crippen LogP contribution is 2.24. The summed E-state index contributed by atoms with van der Waals surface area (Å²) in [6.07, 6.45) is 0. The van der Waals surface area contributed by atoms with Gasteiger partial charge >= 0.3 is 0 Å². The van der Waals surface area contributed by atoms with Crippen LogP contribution in [-0.2, 0) is 17.9 Å². The molecule has 0 aliphatic heterocycles. The van der Waals surface area contributed by atoms with E-state index in [1.54, 1.807) is 18.2 Å². The molecule has 0 unspecified atom stereocenters. The van der Waals surface area contributed by atoms with Crippen molar-refractivity contribution in [2.45, 2.75) is 20.0 Å². The molecule has 172 valence electrons. The van der Waals surface area contributed by atoms with Gasteiger partial charge in [-0.15, -0.1) is 0 Å². The molecule has 0 aliphatic carbocycles. The Kier molecular flexibility index (Phi) is 8.61. The predicted octanol–water partition coefficient (Wildman–Crippen LogP) is 3.86. The lowest BCUT2D eigenvalue weighted by atomic mass is 9.98. The maximum absolute atomic E-state index is 12.5. The normalized spacial score (nSPS) is 10.7. The van der Waals surface area contributed by atoms with Crippen molar-refractivity contribution in [2.75, 3.05) is 27.2 Å². The number of amides is 2. The first-order chi connectivity index (χ1) is 16.0. The van der Waals surface area contributed by atoms with Crippen molar-refractivity contribution in [3.8, 4) is 16.9 Å². The van der Waals surface area contributed by atoms with E-state index in [0.717, 1.165) is 23.2 Å². The second-order valence-corrected chi connectivity index (χ2v) is 7.98. The van der Waals surface area contributed by atoms with Gasteiger partial charge in [-0.1, -0.05) is 60.7 Å². The molecule has 0 spiro atoms. The van der Waals surface area contributed by atoms with Gasteiger partial charge in [0.05, 0.1) is 18.7 Å². The number of carbonyl (C=O) groups is 2. The molecular formula is C27H31N3O3. The molecule has 3 rings (SSSR count). The molecule has 2 amide bonds. The van der Waals surface area contributed by atoms with E-state index in [4.69, 9.17) is 4.74 Å². The molecule has 0 saturated heterocycles. The Labute approximate surface area is 195 Å². The smallest absolute Gasteiger partial charge is 0.255 e. The summed E-state index contributed by atoms with van der Waals surface area (Å²) in [7, 11) is 4.10. The maximum Gasteiger partial charge on any atom is 0.255 e. The van der Waals surface area contributed by atoms with Gasteiger partial charge in [0.1, 0.15) is 5.75 Å². The topological polar surface area (TPSA) is 70.7 Å². The minimum atomic E-state index is -0.340. The predicted molar refractivity (Wildman–Crippen MR) is 131 cm³/mol. The molecule has 6 nitrogen and oxygen atoms in total. The minimum Gasteiger partial charge on any atom is -0.493 e. The molecule has 6 heteroatoms. The van der Waals surface area contributed by atoms with Crippen molar-refractivity contribution in [3.63, 3.8) is 0 Å². The van der Waals surface area contributed by atoms with Gasteiger partial charge in [0.15, 0.2) is 0 Å². The van der Waals surface area contributed by atoms with Gasteiger partial charge in [-0.3, -0.25) is 9.59 Å². The fourth-order valence-electron chi connectivity index (χ4n) is 3.56. The Bertz CT molecular complexity index is 1080. The van der Waals surface area contributed by atoms with Crippen LogP contribution in [0.3, 0.4) is 0 Å². The maximum atomic E-state index is 12.5. The molecule has 0 saturated carbocycles. The summed E-state index contributed by atoms with van der Waals surface area (Å²) < 4.78 is 5.49.